The number of fused-ring (bicyclic) bond motifs is 1. The van der Waals surface area contributed by atoms with E-state index in [1.807, 2.05) is 18.8 Å². The molecule has 1 aliphatic rings. The largest absolute Gasteiger partial charge is 0.306 e. The van der Waals surface area contributed by atoms with E-state index in [9.17, 15) is 0 Å². The molecule has 2 heteroatoms. The molecule has 0 saturated heterocycles. The monoisotopic (exact) mass is 235 g/mol. The third-order valence-electron chi connectivity index (χ3n) is 3.30. The number of thioether (sulfide) groups is 1. The van der Waals surface area contributed by atoms with Gasteiger partial charge in [0.1, 0.15) is 0 Å². The molecule has 1 aromatic carbocycles. The lowest BCUT2D eigenvalue weighted by molar-refractivity contribution is 0.609. The predicted molar refractivity (Wildman–Crippen MR) is 72.1 cm³/mol. The van der Waals surface area contributed by atoms with Gasteiger partial charge >= 0.3 is 0 Å². The number of hydrogen-bond acceptors (Lipinski definition) is 2. The predicted octanol–water partition coefficient (Wildman–Crippen LogP) is 3.61. The molecule has 88 valence electrons. The second kappa shape index (κ2) is 4.80. The second-order valence-corrected chi connectivity index (χ2v) is 6.70. The molecule has 16 heavy (non-hydrogen) atoms. The average molecular weight is 235 g/mol. The van der Waals surface area contributed by atoms with Gasteiger partial charge in [-0.1, -0.05) is 6.07 Å². The van der Waals surface area contributed by atoms with Crippen LogP contribution in [0.1, 0.15) is 37.8 Å². The standard InChI is InChI=1S/C14H21NS/c1-14(2,15-3)16-13-9-8-11-6-4-5-7-12(11)10-13/h8-10,15H,4-7H2,1-3H3. The van der Waals surface area contributed by atoms with Crippen molar-refractivity contribution in [2.75, 3.05) is 7.05 Å². The molecule has 0 aromatic heterocycles. The van der Waals surface area contributed by atoms with Gasteiger partial charge < -0.3 is 5.32 Å². The van der Waals surface area contributed by atoms with Crippen molar-refractivity contribution in [1.29, 1.82) is 0 Å². The first-order chi connectivity index (χ1) is 7.61. The molecule has 1 N–H and O–H groups in total. The van der Waals surface area contributed by atoms with Crippen LogP contribution in [0.2, 0.25) is 0 Å². The summed E-state index contributed by atoms with van der Waals surface area (Å²) in [5.41, 5.74) is 3.14. The fourth-order valence-electron chi connectivity index (χ4n) is 2.12. The van der Waals surface area contributed by atoms with Crippen molar-refractivity contribution in [2.24, 2.45) is 0 Å². The Bertz CT molecular complexity index is 371. The van der Waals surface area contributed by atoms with Crippen LogP contribution < -0.4 is 5.32 Å². The van der Waals surface area contributed by atoms with Crippen LogP contribution in [0.4, 0.5) is 0 Å². The number of benzene rings is 1. The fourth-order valence-corrected chi connectivity index (χ4v) is 3.15. The van der Waals surface area contributed by atoms with Gasteiger partial charge in [0.05, 0.1) is 4.87 Å². The maximum absolute atomic E-state index is 3.33. The van der Waals surface area contributed by atoms with Gasteiger partial charge in [0.2, 0.25) is 0 Å². The summed E-state index contributed by atoms with van der Waals surface area (Å²) in [6.07, 6.45) is 5.26. The normalized spacial score (nSPS) is 15.9. The Morgan fingerprint density at radius 2 is 1.81 bits per heavy atom. The summed E-state index contributed by atoms with van der Waals surface area (Å²) in [6.45, 7) is 4.44. The maximum atomic E-state index is 3.33. The number of hydrogen-bond donors (Lipinski definition) is 1. The van der Waals surface area contributed by atoms with Gasteiger partial charge in [0.25, 0.3) is 0 Å². The summed E-state index contributed by atoms with van der Waals surface area (Å²) >= 11 is 1.91. The highest BCUT2D eigenvalue weighted by molar-refractivity contribution is 8.00. The molecule has 0 bridgehead atoms. The topological polar surface area (TPSA) is 12.0 Å². The van der Waals surface area contributed by atoms with E-state index < -0.39 is 0 Å². The van der Waals surface area contributed by atoms with Crippen LogP contribution in [0.15, 0.2) is 23.1 Å². The minimum atomic E-state index is 0.114. The minimum absolute atomic E-state index is 0.114. The molecule has 0 fully saturated rings. The van der Waals surface area contributed by atoms with Crippen LogP contribution >= 0.6 is 11.8 Å². The van der Waals surface area contributed by atoms with E-state index in [-0.39, 0.29) is 4.87 Å². The summed E-state index contributed by atoms with van der Waals surface area (Å²) in [7, 11) is 2.02. The molecule has 1 aliphatic carbocycles. The smallest absolute Gasteiger partial charge is 0.0632 e. The van der Waals surface area contributed by atoms with Gasteiger partial charge in [0.15, 0.2) is 0 Å². The van der Waals surface area contributed by atoms with Crippen LogP contribution in [0.25, 0.3) is 0 Å². The van der Waals surface area contributed by atoms with E-state index in [0.29, 0.717) is 0 Å². The van der Waals surface area contributed by atoms with Crippen molar-refractivity contribution in [2.45, 2.75) is 49.3 Å². The number of aryl methyl sites for hydroxylation is 2. The first kappa shape index (κ1) is 12.0. The van der Waals surface area contributed by atoms with Gasteiger partial charge in [-0.05, 0) is 69.8 Å². The van der Waals surface area contributed by atoms with Crippen molar-refractivity contribution in [3.63, 3.8) is 0 Å². The minimum Gasteiger partial charge on any atom is -0.306 e. The van der Waals surface area contributed by atoms with Crippen LogP contribution in [0.3, 0.4) is 0 Å². The third kappa shape index (κ3) is 2.80. The van der Waals surface area contributed by atoms with Crippen molar-refractivity contribution in [3.8, 4) is 0 Å². The number of rotatable bonds is 3. The molecule has 0 amide bonds. The van der Waals surface area contributed by atoms with E-state index in [2.05, 4.69) is 37.4 Å². The lowest BCUT2D eigenvalue weighted by Gasteiger charge is -2.24. The molecule has 1 aromatic rings. The highest BCUT2D eigenvalue weighted by atomic mass is 32.2. The van der Waals surface area contributed by atoms with Gasteiger partial charge in [-0.3, -0.25) is 0 Å². The van der Waals surface area contributed by atoms with Gasteiger partial charge in [0, 0.05) is 4.90 Å². The summed E-state index contributed by atoms with van der Waals surface area (Å²) in [5.74, 6) is 0. The highest BCUT2D eigenvalue weighted by Crippen LogP contribution is 2.33. The molecule has 0 aliphatic heterocycles. The van der Waals surface area contributed by atoms with Crippen molar-refractivity contribution < 1.29 is 0 Å². The first-order valence-electron chi connectivity index (χ1n) is 6.10. The van der Waals surface area contributed by atoms with E-state index in [0.717, 1.165) is 0 Å². The summed E-state index contributed by atoms with van der Waals surface area (Å²) in [5, 5.41) is 3.33. The lowest BCUT2D eigenvalue weighted by Crippen LogP contribution is -2.31. The second-order valence-electron chi connectivity index (χ2n) is 5.00. The van der Waals surface area contributed by atoms with E-state index in [1.165, 1.54) is 30.6 Å². The van der Waals surface area contributed by atoms with Gasteiger partial charge in [-0.15, -0.1) is 11.8 Å². The van der Waals surface area contributed by atoms with E-state index in [4.69, 9.17) is 0 Å². The Kier molecular flexibility index (Phi) is 3.60. The zero-order chi connectivity index (χ0) is 11.6. The molecular formula is C14H21NS. The Balaban J connectivity index is 2.17. The van der Waals surface area contributed by atoms with Crippen LogP contribution in [-0.4, -0.2) is 11.9 Å². The summed E-state index contributed by atoms with van der Waals surface area (Å²) < 4.78 is 0. The van der Waals surface area contributed by atoms with Crippen molar-refractivity contribution in [1.82, 2.24) is 5.32 Å². The molecule has 0 heterocycles. The molecule has 1 nitrogen and oxygen atoms in total. The SMILES string of the molecule is CNC(C)(C)Sc1ccc2c(c1)CCCC2. The Labute approximate surface area is 103 Å². The zero-order valence-electron chi connectivity index (χ0n) is 10.5. The van der Waals surface area contributed by atoms with Crippen molar-refractivity contribution >= 4 is 11.8 Å². The molecule has 0 unspecified atom stereocenters. The van der Waals surface area contributed by atoms with Crippen LogP contribution in [0, 0.1) is 0 Å². The van der Waals surface area contributed by atoms with Crippen LogP contribution in [0.5, 0.6) is 0 Å². The molecule has 0 atom stereocenters. The molecular weight excluding hydrogens is 214 g/mol. The van der Waals surface area contributed by atoms with Crippen LogP contribution in [-0.2, 0) is 12.8 Å². The molecule has 0 saturated carbocycles. The van der Waals surface area contributed by atoms with E-state index in [1.54, 1.807) is 11.1 Å². The molecule has 2 rings (SSSR count). The Morgan fingerprint density at radius 1 is 1.12 bits per heavy atom. The fraction of sp³-hybridized carbons (Fsp3) is 0.571. The number of nitrogens with one attached hydrogen (secondary N) is 1. The average Bonchev–Trinajstić information content (AvgIpc) is 2.28. The summed E-state index contributed by atoms with van der Waals surface area (Å²) in [6, 6.07) is 6.98. The van der Waals surface area contributed by atoms with Gasteiger partial charge in [-0.2, -0.15) is 0 Å². The Hall–Kier alpha value is -0.470. The zero-order valence-corrected chi connectivity index (χ0v) is 11.3. The quantitative estimate of drug-likeness (QED) is 0.634. The van der Waals surface area contributed by atoms with Gasteiger partial charge in [-0.25, -0.2) is 0 Å². The maximum Gasteiger partial charge on any atom is 0.0632 e. The summed E-state index contributed by atoms with van der Waals surface area (Å²) in [4.78, 5) is 1.50. The Morgan fingerprint density at radius 3 is 2.50 bits per heavy atom. The third-order valence-corrected chi connectivity index (χ3v) is 4.50. The lowest BCUT2D eigenvalue weighted by atomic mass is 9.92. The van der Waals surface area contributed by atoms with E-state index >= 15 is 0 Å². The first-order valence-corrected chi connectivity index (χ1v) is 6.92. The molecule has 0 spiro atoms. The van der Waals surface area contributed by atoms with Crippen molar-refractivity contribution in [3.05, 3.63) is 29.3 Å². The highest BCUT2D eigenvalue weighted by Gasteiger charge is 2.17. The molecule has 0 radical (unpaired) electrons.